The third kappa shape index (κ3) is 4.91. The molecular formula is C22H26N8OS. The number of carbonyl (C=O) groups is 1. The number of benzene rings is 1. The van der Waals surface area contributed by atoms with Crippen molar-refractivity contribution in [2.45, 2.75) is 38.5 Å². The minimum atomic E-state index is -0.213. The first-order valence-electron chi connectivity index (χ1n) is 10.6. The van der Waals surface area contributed by atoms with Crippen LogP contribution in [0, 0.1) is 0 Å². The van der Waals surface area contributed by atoms with Crippen molar-refractivity contribution in [3.8, 4) is 11.3 Å². The Morgan fingerprint density at radius 3 is 2.78 bits per heavy atom. The largest absolute Gasteiger partial charge is 0.367 e. The zero-order valence-corrected chi connectivity index (χ0v) is 19.1. The highest BCUT2D eigenvalue weighted by Crippen LogP contribution is 2.24. The van der Waals surface area contributed by atoms with Gasteiger partial charge in [-0.1, -0.05) is 49.0 Å². The Morgan fingerprint density at radius 2 is 2.03 bits per heavy atom. The van der Waals surface area contributed by atoms with Crippen molar-refractivity contribution in [3.63, 3.8) is 0 Å². The molecule has 10 heteroatoms. The second-order valence-corrected chi connectivity index (χ2v) is 8.71. The molecule has 3 aromatic heterocycles. The molecule has 0 atom stereocenters. The van der Waals surface area contributed by atoms with E-state index < -0.39 is 0 Å². The number of amides is 1. The first-order chi connectivity index (χ1) is 15.5. The molecule has 0 fully saturated rings. The first-order valence-corrected chi connectivity index (χ1v) is 11.6. The van der Waals surface area contributed by atoms with Gasteiger partial charge in [-0.05, 0) is 25.7 Å². The lowest BCUT2D eigenvalue weighted by Gasteiger charge is -2.11. The molecule has 0 radical (unpaired) electrons. The minimum Gasteiger partial charge on any atom is -0.367 e. The smallest absolute Gasteiger partial charge is 0.269 e. The van der Waals surface area contributed by atoms with Gasteiger partial charge in [-0.2, -0.15) is 10.2 Å². The quantitative estimate of drug-likeness (QED) is 0.264. The van der Waals surface area contributed by atoms with E-state index in [9.17, 15) is 4.79 Å². The number of aromatic amines is 1. The zero-order chi connectivity index (χ0) is 22.5. The normalized spacial score (nSPS) is 11.2. The highest BCUT2D eigenvalue weighted by Gasteiger charge is 2.15. The molecule has 0 aliphatic carbocycles. The molecule has 0 unspecified atom stereocenters. The van der Waals surface area contributed by atoms with Crippen LogP contribution in [-0.2, 0) is 6.54 Å². The Kier molecular flexibility index (Phi) is 6.69. The number of thioether (sulfide) groups is 1. The minimum absolute atomic E-state index is 0.213. The van der Waals surface area contributed by atoms with E-state index >= 15 is 0 Å². The van der Waals surface area contributed by atoms with Gasteiger partial charge in [0.15, 0.2) is 10.8 Å². The van der Waals surface area contributed by atoms with Crippen LogP contribution in [0.1, 0.15) is 31.3 Å². The highest BCUT2D eigenvalue weighted by molar-refractivity contribution is 7.99. The van der Waals surface area contributed by atoms with Gasteiger partial charge in [-0.25, -0.2) is 14.6 Å². The summed E-state index contributed by atoms with van der Waals surface area (Å²) in [6, 6.07) is 11.7. The maximum atomic E-state index is 12.5. The predicted molar refractivity (Wildman–Crippen MR) is 127 cm³/mol. The Labute approximate surface area is 190 Å². The van der Waals surface area contributed by atoms with Crippen LogP contribution in [0.3, 0.4) is 0 Å². The van der Waals surface area contributed by atoms with Gasteiger partial charge in [0, 0.05) is 18.2 Å². The fourth-order valence-electron chi connectivity index (χ4n) is 3.24. The van der Waals surface area contributed by atoms with E-state index in [-0.39, 0.29) is 11.9 Å². The van der Waals surface area contributed by atoms with Crippen LogP contribution in [0.5, 0.6) is 0 Å². The summed E-state index contributed by atoms with van der Waals surface area (Å²) in [4.78, 5) is 21.8. The molecule has 0 saturated carbocycles. The summed E-state index contributed by atoms with van der Waals surface area (Å²) in [6.07, 6.45) is 1.77. The topological polar surface area (TPSA) is 113 Å². The monoisotopic (exact) mass is 450 g/mol. The van der Waals surface area contributed by atoms with E-state index in [4.69, 9.17) is 0 Å². The maximum Gasteiger partial charge on any atom is 0.269 e. The van der Waals surface area contributed by atoms with Crippen molar-refractivity contribution in [2.75, 3.05) is 17.6 Å². The maximum absolute atomic E-state index is 12.5. The molecule has 9 nitrogen and oxygen atoms in total. The van der Waals surface area contributed by atoms with E-state index in [1.54, 1.807) is 28.7 Å². The fraction of sp³-hybridized carbons (Fsp3) is 0.318. The van der Waals surface area contributed by atoms with E-state index in [1.807, 2.05) is 30.3 Å². The molecule has 0 aliphatic heterocycles. The van der Waals surface area contributed by atoms with Gasteiger partial charge in [0.2, 0.25) is 0 Å². The number of aromatic nitrogens is 6. The van der Waals surface area contributed by atoms with Gasteiger partial charge in [0.05, 0.1) is 23.8 Å². The first kappa shape index (κ1) is 21.8. The van der Waals surface area contributed by atoms with Crippen molar-refractivity contribution in [3.05, 3.63) is 48.3 Å². The van der Waals surface area contributed by atoms with E-state index in [0.717, 1.165) is 33.9 Å². The molecule has 0 saturated heterocycles. The van der Waals surface area contributed by atoms with Gasteiger partial charge in [-0.15, -0.1) is 0 Å². The molecule has 0 aliphatic rings. The van der Waals surface area contributed by atoms with Crippen LogP contribution in [0.4, 0.5) is 5.82 Å². The van der Waals surface area contributed by atoms with Gasteiger partial charge < -0.3 is 10.6 Å². The Bertz CT molecular complexity index is 1200. The van der Waals surface area contributed by atoms with Crippen molar-refractivity contribution < 1.29 is 4.79 Å². The van der Waals surface area contributed by atoms with Crippen molar-refractivity contribution in [1.29, 1.82) is 0 Å². The van der Waals surface area contributed by atoms with Crippen LogP contribution in [0.15, 0.2) is 47.8 Å². The van der Waals surface area contributed by atoms with Crippen LogP contribution in [-0.4, -0.2) is 54.2 Å². The van der Waals surface area contributed by atoms with Crippen LogP contribution in [0.2, 0.25) is 0 Å². The number of rotatable bonds is 9. The van der Waals surface area contributed by atoms with Crippen LogP contribution >= 0.6 is 11.8 Å². The Hall–Kier alpha value is -3.40. The standard InChI is InChI=1S/C22H26N8OS/c1-4-32-22-26-19(25-14(2)3)16-13-24-30(20(16)27-22)11-10-23-21(31)18-12-17(28-29-18)15-8-6-5-7-9-15/h5-9,12-14H,4,10-11H2,1-3H3,(H,23,31)(H,28,29)(H,25,26,27). The Morgan fingerprint density at radius 1 is 1.22 bits per heavy atom. The SMILES string of the molecule is CCSc1nc(NC(C)C)c2cnn(CCNC(=O)c3cc(-c4ccccc4)n[nH]3)c2n1. The molecule has 32 heavy (non-hydrogen) atoms. The summed E-state index contributed by atoms with van der Waals surface area (Å²) in [6.45, 7) is 7.10. The summed E-state index contributed by atoms with van der Waals surface area (Å²) in [5, 5.41) is 19.4. The van der Waals surface area contributed by atoms with Gasteiger partial charge in [-0.3, -0.25) is 9.89 Å². The summed E-state index contributed by atoms with van der Waals surface area (Å²) in [7, 11) is 0. The molecular weight excluding hydrogens is 424 g/mol. The lowest BCUT2D eigenvalue weighted by atomic mass is 10.1. The zero-order valence-electron chi connectivity index (χ0n) is 18.3. The highest BCUT2D eigenvalue weighted by atomic mass is 32.2. The average Bonchev–Trinajstić information content (AvgIpc) is 3.42. The number of carbonyl (C=O) groups excluding carboxylic acids is 1. The van der Waals surface area contributed by atoms with Crippen molar-refractivity contribution in [2.24, 2.45) is 0 Å². The summed E-state index contributed by atoms with van der Waals surface area (Å²) >= 11 is 1.59. The van der Waals surface area contributed by atoms with Gasteiger partial charge in [0.25, 0.3) is 5.91 Å². The molecule has 4 aromatic rings. The molecule has 4 rings (SSSR count). The molecule has 166 valence electrons. The number of H-pyrrole nitrogens is 1. The summed E-state index contributed by atoms with van der Waals surface area (Å²) < 4.78 is 1.80. The third-order valence-corrected chi connectivity index (χ3v) is 5.41. The van der Waals surface area contributed by atoms with Gasteiger partial charge >= 0.3 is 0 Å². The van der Waals surface area contributed by atoms with Crippen molar-refractivity contribution >= 4 is 34.5 Å². The molecule has 3 N–H and O–H groups in total. The second-order valence-electron chi connectivity index (χ2n) is 7.48. The Balaban J connectivity index is 1.44. The molecule has 1 amide bonds. The van der Waals surface area contributed by atoms with Gasteiger partial charge in [0.1, 0.15) is 11.5 Å². The number of anilines is 1. The second kappa shape index (κ2) is 9.82. The fourth-order valence-corrected chi connectivity index (χ4v) is 3.81. The predicted octanol–water partition coefficient (Wildman–Crippen LogP) is 3.58. The average molecular weight is 451 g/mol. The van der Waals surface area contributed by atoms with E-state index in [2.05, 4.69) is 56.7 Å². The van der Waals surface area contributed by atoms with Crippen LogP contribution < -0.4 is 10.6 Å². The lowest BCUT2D eigenvalue weighted by Crippen LogP contribution is -2.27. The number of fused-ring (bicyclic) bond motifs is 1. The molecule has 1 aromatic carbocycles. The van der Waals surface area contributed by atoms with E-state index in [0.29, 0.717) is 23.9 Å². The van der Waals surface area contributed by atoms with E-state index in [1.165, 1.54) is 0 Å². The number of hydrogen-bond acceptors (Lipinski definition) is 7. The lowest BCUT2D eigenvalue weighted by molar-refractivity contribution is 0.0947. The summed E-state index contributed by atoms with van der Waals surface area (Å²) in [5.41, 5.74) is 2.86. The number of hydrogen-bond donors (Lipinski definition) is 3. The summed E-state index contributed by atoms with van der Waals surface area (Å²) in [5.74, 6) is 1.45. The molecule has 0 spiro atoms. The number of nitrogens with one attached hydrogen (secondary N) is 3. The molecule has 0 bridgehead atoms. The van der Waals surface area contributed by atoms with Crippen LogP contribution in [0.25, 0.3) is 22.3 Å². The number of nitrogens with zero attached hydrogens (tertiary/aromatic N) is 5. The third-order valence-electron chi connectivity index (χ3n) is 4.68. The van der Waals surface area contributed by atoms with Crippen molar-refractivity contribution in [1.82, 2.24) is 35.3 Å². The molecule has 3 heterocycles.